The number of ether oxygens (including phenoxy) is 1. The van der Waals surface area contributed by atoms with Crippen LogP contribution in [0.5, 0.6) is 5.75 Å². The second kappa shape index (κ2) is 11.6. The Morgan fingerprint density at radius 3 is 2.70 bits per heavy atom. The topological polar surface area (TPSA) is 83.7 Å². The normalized spacial score (nSPS) is 20.6. The van der Waals surface area contributed by atoms with Gasteiger partial charge in [-0.1, -0.05) is 12.1 Å². The molecule has 1 N–H and O–H groups in total. The van der Waals surface area contributed by atoms with E-state index in [1.54, 1.807) is 7.11 Å². The fourth-order valence-electron chi connectivity index (χ4n) is 4.73. The lowest BCUT2D eigenvalue weighted by molar-refractivity contribution is -0.126. The third kappa shape index (κ3) is 6.77. The molecule has 2 aliphatic rings. The minimum atomic E-state index is 0.0265. The zero-order chi connectivity index (χ0) is 23.0. The van der Waals surface area contributed by atoms with Crippen LogP contribution >= 0.6 is 0 Å². The highest BCUT2D eigenvalue weighted by atomic mass is 16.5. The molecule has 8 heteroatoms. The number of nitrogens with one attached hydrogen (secondary N) is 1. The summed E-state index contributed by atoms with van der Waals surface area (Å²) in [5.74, 6) is 3.01. The Hall–Kier alpha value is -2.45. The minimum absolute atomic E-state index is 0.0265. The molecule has 1 unspecified atom stereocenters. The third-order valence-corrected chi connectivity index (χ3v) is 6.88. The van der Waals surface area contributed by atoms with E-state index in [4.69, 9.17) is 9.26 Å². The number of methoxy groups -OCH3 is 1. The number of likely N-dealkylation sites (tertiary alicyclic amines) is 2. The van der Waals surface area contributed by atoms with Crippen LogP contribution in [0.15, 0.2) is 28.8 Å². The van der Waals surface area contributed by atoms with E-state index in [9.17, 15) is 4.79 Å². The molecule has 0 spiro atoms. The molecule has 2 aliphatic heterocycles. The standard InChI is InChI=1S/C25H37N5O3/c1-19-10-15-29(16-11-19)14-4-12-26-25(31)21-5-3-13-30(17-21)18-23-27-24(28-33-23)20-6-8-22(32-2)9-7-20/h6-9,19,21H,3-5,10-18H2,1-2H3,(H,26,31). The van der Waals surface area contributed by atoms with E-state index >= 15 is 0 Å². The number of nitrogens with zero attached hydrogens (tertiary/aromatic N) is 4. The summed E-state index contributed by atoms with van der Waals surface area (Å²) in [5, 5.41) is 7.28. The van der Waals surface area contributed by atoms with E-state index in [1.165, 1.54) is 25.9 Å². The van der Waals surface area contributed by atoms with Gasteiger partial charge in [-0.3, -0.25) is 9.69 Å². The quantitative estimate of drug-likeness (QED) is 0.581. The summed E-state index contributed by atoms with van der Waals surface area (Å²) in [5.41, 5.74) is 0.890. The van der Waals surface area contributed by atoms with Crippen molar-refractivity contribution in [3.8, 4) is 17.1 Å². The lowest BCUT2D eigenvalue weighted by Gasteiger charge is -2.31. The Morgan fingerprint density at radius 2 is 1.94 bits per heavy atom. The van der Waals surface area contributed by atoms with Crippen LogP contribution in [-0.2, 0) is 11.3 Å². The highest BCUT2D eigenvalue weighted by Gasteiger charge is 2.27. The van der Waals surface area contributed by atoms with Crippen molar-refractivity contribution in [1.82, 2.24) is 25.3 Å². The number of carbonyl (C=O) groups excluding carboxylic acids is 1. The lowest BCUT2D eigenvalue weighted by Crippen LogP contribution is -2.43. The Morgan fingerprint density at radius 1 is 1.15 bits per heavy atom. The van der Waals surface area contributed by atoms with Gasteiger partial charge in [-0.15, -0.1) is 0 Å². The molecule has 0 radical (unpaired) electrons. The minimum Gasteiger partial charge on any atom is -0.497 e. The van der Waals surface area contributed by atoms with Crippen molar-refractivity contribution in [3.63, 3.8) is 0 Å². The summed E-state index contributed by atoms with van der Waals surface area (Å²) in [6.45, 7) is 8.82. The molecule has 8 nitrogen and oxygen atoms in total. The van der Waals surface area contributed by atoms with Gasteiger partial charge in [0, 0.05) is 18.7 Å². The number of hydrogen-bond acceptors (Lipinski definition) is 7. The molecule has 1 amide bonds. The predicted octanol–water partition coefficient (Wildman–Crippen LogP) is 3.20. The molecule has 0 saturated carbocycles. The Labute approximate surface area is 196 Å². The van der Waals surface area contributed by atoms with E-state index in [-0.39, 0.29) is 11.8 Å². The van der Waals surface area contributed by atoms with Crippen LogP contribution in [0.1, 0.15) is 44.9 Å². The van der Waals surface area contributed by atoms with E-state index in [0.29, 0.717) is 18.3 Å². The first-order valence-corrected chi connectivity index (χ1v) is 12.3. The molecule has 0 bridgehead atoms. The van der Waals surface area contributed by atoms with Gasteiger partial charge in [0.1, 0.15) is 5.75 Å². The van der Waals surface area contributed by atoms with Crippen LogP contribution in [0.3, 0.4) is 0 Å². The zero-order valence-corrected chi connectivity index (χ0v) is 20.0. The van der Waals surface area contributed by atoms with E-state index in [2.05, 4.69) is 32.2 Å². The van der Waals surface area contributed by atoms with Crippen LogP contribution in [0.25, 0.3) is 11.4 Å². The van der Waals surface area contributed by atoms with Crippen molar-refractivity contribution in [2.75, 3.05) is 46.4 Å². The van der Waals surface area contributed by atoms with Crippen molar-refractivity contribution in [2.24, 2.45) is 11.8 Å². The van der Waals surface area contributed by atoms with Gasteiger partial charge in [-0.05, 0) is 88.5 Å². The first-order chi connectivity index (χ1) is 16.1. The molecule has 180 valence electrons. The molecule has 1 aromatic carbocycles. The fraction of sp³-hybridized carbons (Fsp3) is 0.640. The van der Waals surface area contributed by atoms with Crippen molar-refractivity contribution in [1.29, 1.82) is 0 Å². The molecule has 2 aromatic rings. The molecular formula is C25H37N5O3. The number of rotatable bonds is 9. The Kier molecular flexibility index (Phi) is 8.34. The lowest BCUT2D eigenvalue weighted by atomic mass is 9.97. The maximum atomic E-state index is 12.7. The maximum absolute atomic E-state index is 12.7. The van der Waals surface area contributed by atoms with Crippen LogP contribution < -0.4 is 10.1 Å². The Bertz CT molecular complexity index is 876. The number of piperidine rings is 2. The number of aromatic nitrogens is 2. The largest absolute Gasteiger partial charge is 0.497 e. The SMILES string of the molecule is COc1ccc(-c2noc(CN3CCCC(C(=O)NCCCN4CCC(C)CC4)C3)n2)cc1. The molecule has 2 fully saturated rings. The molecule has 1 aromatic heterocycles. The van der Waals surface area contributed by atoms with Crippen LogP contribution in [-0.4, -0.2) is 72.2 Å². The second-order valence-electron chi connectivity index (χ2n) is 9.48. The van der Waals surface area contributed by atoms with Gasteiger partial charge in [0.2, 0.25) is 17.6 Å². The molecule has 1 atom stereocenters. The van der Waals surface area contributed by atoms with Crippen LogP contribution in [0.4, 0.5) is 0 Å². The molecule has 4 rings (SSSR count). The van der Waals surface area contributed by atoms with Crippen LogP contribution in [0, 0.1) is 11.8 Å². The van der Waals surface area contributed by atoms with Gasteiger partial charge < -0.3 is 19.5 Å². The first kappa shape index (κ1) is 23.7. The maximum Gasteiger partial charge on any atom is 0.241 e. The van der Waals surface area contributed by atoms with Gasteiger partial charge in [0.15, 0.2) is 0 Å². The van der Waals surface area contributed by atoms with Gasteiger partial charge in [0.25, 0.3) is 0 Å². The summed E-state index contributed by atoms with van der Waals surface area (Å²) < 4.78 is 10.7. The van der Waals surface area contributed by atoms with Gasteiger partial charge in [-0.25, -0.2) is 0 Å². The van der Waals surface area contributed by atoms with Crippen molar-refractivity contribution < 1.29 is 14.1 Å². The number of amides is 1. The van der Waals surface area contributed by atoms with Crippen molar-refractivity contribution >= 4 is 5.91 Å². The summed E-state index contributed by atoms with van der Waals surface area (Å²) in [7, 11) is 1.64. The monoisotopic (exact) mass is 455 g/mol. The van der Waals surface area contributed by atoms with Gasteiger partial charge in [-0.2, -0.15) is 4.98 Å². The van der Waals surface area contributed by atoms with Crippen LogP contribution in [0.2, 0.25) is 0 Å². The molecular weight excluding hydrogens is 418 g/mol. The first-order valence-electron chi connectivity index (χ1n) is 12.3. The summed E-state index contributed by atoms with van der Waals surface area (Å²) in [6.07, 6.45) is 5.56. The van der Waals surface area contributed by atoms with Gasteiger partial charge in [0.05, 0.1) is 19.6 Å². The third-order valence-electron chi connectivity index (χ3n) is 6.88. The predicted molar refractivity (Wildman–Crippen MR) is 127 cm³/mol. The van der Waals surface area contributed by atoms with E-state index < -0.39 is 0 Å². The van der Waals surface area contributed by atoms with Crippen molar-refractivity contribution in [3.05, 3.63) is 30.2 Å². The van der Waals surface area contributed by atoms with Crippen molar-refractivity contribution in [2.45, 2.75) is 45.6 Å². The number of benzene rings is 1. The Balaban J connectivity index is 1.20. The zero-order valence-electron chi connectivity index (χ0n) is 20.0. The van der Waals surface area contributed by atoms with Gasteiger partial charge >= 0.3 is 0 Å². The molecule has 33 heavy (non-hydrogen) atoms. The average Bonchev–Trinajstić information content (AvgIpc) is 3.31. The highest BCUT2D eigenvalue weighted by molar-refractivity contribution is 5.78. The summed E-state index contributed by atoms with van der Waals surface area (Å²) in [4.78, 5) is 22.0. The summed E-state index contributed by atoms with van der Waals surface area (Å²) in [6, 6.07) is 7.60. The van der Waals surface area contributed by atoms with E-state index in [1.807, 2.05) is 24.3 Å². The summed E-state index contributed by atoms with van der Waals surface area (Å²) >= 11 is 0. The number of carbonyl (C=O) groups is 1. The average molecular weight is 456 g/mol. The molecule has 0 aliphatic carbocycles. The molecule has 3 heterocycles. The second-order valence-corrected chi connectivity index (χ2v) is 9.48. The number of hydrogen-bond donors (Lipinski definition) is 1. The smallest absolute Gasteiger partial charge is 0.241 e. The highest BCUT2D eigenvalue weighted by Crippen LogP contribution is 2.22. The van der Waals surface area contributed by atoms with E-state index in [0.717, 1.165) is 62.7 Å². The molecule has 2 saturated heterocycles. The fourth-order valence-corrected chi connectivity index (χ4v) is 4.73.